The van der Waals surface area contributed by atoms with Crippen LogP contribution in [0.2, 0.25) is 0 Å². The summed E-state index contributed by atoms with van der Waals surface area (Å²) >= 11 is 0. The number of hydrogen-bond donors (Lipinski definition) is 1. The maximum absolute atomic E-state index is 12.1. The minimum absolute atomic E-state index is 0.0959. The summed E-state index contributed by atoms with van der Waals surface area (Å²) in [5, 5.41) is 10.00. The van der Waals surface area contributed by atoms with Crippen LogP contribution in [0.1, 0.15) is 0 Å². The van der Waals surface area contributed by atoms with Crippen LogP contribution in [0.15, 0.2) is 72.8 Å². The fraction of sp³-hybridized carbons (Fsp3) is 0.0526. The third-order valence-electron chi connectivity index (χ3n) is 3.21. The normalized spacial score (nSPS) is 9.62. The van der Waals surface area contributed by atoms with Crippen LogP contribution in [0.4, 0.5) is 15.8 Å². The minimum atomic E-state index is -0.570. The largest absolute Gasteiger partial charge is 0.497 e. The number of nitrogens with zero attached hydrogens (tertiary/aromatic N) is 1. The van der Waals surface area contributed by atoms with Crippen molar-refractivity contribution in [1.82, 2.24) is 0 Å². The topological polar surface area (TPSA) is 87.6 Å². The first-order valence-electron chi connectivity index (χ1n) is 7.55. The van der Waals surface area contributed by atoms with Crippen LogP contribution in [0.25, 0.3) is 0 Å². The van der Waals surface area contributed by atoms with E-state index >= 15 is 0 Å². The van der Waals surface area contributed by atoms with Gasteiger partial charge in [-0.2, -0.15) is 0 Å². The number of benzene rings is 3. The van der Waals surface area contributed by atoms with E-state index in [-0.39, 0.29) is 5.69 Å². The fourth-order valence-electron chi connectivity index (χ4n) is 1.88. The molecule has 0 atom stereocenters. The number of nitro benzene ring substituents is 1. The smallest absolute Gasteiger partial charge is 0.269 e. The average molecular weight is 356 g/mol. The molecule has 0 spiro atoms. The Morgan fingerprint density at radius 2 is 1.31 bits per heavy atom. The molecule has 7 heteroatoms. The number of halogens is 1. The third kappa shape index (κ3) is 5.79. The molecule has 0 saturated carbocycles. The molecule has 0 aliphatic heterocycles. The van der Waals surface area contributed by atoms with Crippen LogP contribution in [0.5, 0.6) is 17.2 Å². The van der Waals surface area contributed by atoms with Crippen LogP contribution < -0.4 is 15.2 Å². The first-order valence-corrected chi connectivity index (χ1v) is 7.55. The Kier molecular flexibility index (Phi) is 6.50. The lowest BCUT2D eigenvalue weighted by atomic mass is 10.3. The second kappa shape index (κ2) is 9.03. The monoisotopic (exact) mass is 356 g/mol. The van der Waals surface area contributed by atoms with Crippen molar-refractivity contribution in [2.45, 2.75) is 0 Å². The second-order valence-electron chi connectivity index (χ2n) is 5.08. The van der Waals surface area contributed by atoms with Gasteiger partial charge in [-0.25, -0.2) is 4.39 Å². The van der Waals surface area contributed by atoms with E-state index in [9.17, 15) is 14.5 Å². The van der Waals surface area contributed by atoms with Gasteiger partial charge in [0.2, 0.25) is 0 Å². The lowest BCUT2D eigenvalue weighted by Gasteiger charge is -2.06. The number of non-ortho nitro benzene ring substituents is 1. The molecule has 0 heterocycles. The summed E-state index contributed by atoms with van der Waals surface area (Å²) in [4.78, 5) is 9.43. The number of methoxy groups -OCH3 is 1. The Bertz CT molecular complexity index is 835. The lowest BCUT2D eigenvalue weighted by molar-refractivity contribution is -0.384. The van der Waals surface area contributed by atoms with Gasteiger partial charge >= 0.3 is 0 Å². The van der Waals surface area contributed by atoms with Gasteiger partial charge in [-0.15, -0.1) is 0 Å². The van der Waals surface area contributed by atoms with Crippen molar-refractivity contribution in [3.63, 3.8) is 0 Å². The van der Waals surface area contributed by atoms with E-state index in [0.29, 0.717) is 0 Å². The third-order valence-corrected chi connectivity index (χ3v) is 3.21. The van der Waals surface area contributed by atoms with Gasteiger partial charge in [0.05, 0.1) is 12.0 Å². The maximum Gasteiger partial charge on any atom is 0.269 e. The number of anilines is 1. The molecular formula is C19H17FN2O4. The van der Waals surface area contributed by atoms with Gasteiger partial charge in [0.25, 0.3) is 5.69 Å². The van der Waals surface area contributed by atoms with E-state index < -0.39 is 10.7 Å². The lowest BCUT2D eigenvalue weighted by Crippen LogP contribution is -1.87. The van der Waals surface area contributed by atoms with Gasteiger partial charge in [0, 0.05) is 17.8 Å². The van der Waals surface area contributed by atoms with Gasteiger partial charge in [-0.05, 0) is 60.7 Å². The highest BCUT2D eigenvalue weighted by Gasteiger charge is 2.02. The van der Waals surface area contributed by atoms with E-state index in [1.807, 2.05) is 36.4 Å². The van der Waals surface area contributed by atoms with E-state index in [2.05, 4.69) is 0 Å². The molecule has 134 valence electrons. The highest BCUT2D eigenvalue weighted by Crippen LogP contribution is 2.24. The van der Waals surface area contributed by atoms with Crippen molar-refractivity contribution in [1.29, 1.82) is 0 Å². The quantitative estimate of drug-likeness (QED) is 0.412. The van der Waals surface area contributed by atoms with Crippen LogP contribution >= 0.6 is 0 Å². The Labute approximate surface area is 149 Å². The molecule has 6 nitrogen and oxygen atoms in total. The van der Waals surface area contributed by atoms with Crippen molar-refractivity contribution in [3.05, 3.63) is 88.7 Å². The summed E-state index contributed by atoms with van der Waals surface area (Å²) in [5.41, 5.74) is 6.21. The molecule has 0 radical (unpaired) electrons. The zero-order valence-electron chi connectivity index (χ0n) is 14.0. The Morgan fingerprint density at radius 3 is 1.77 bits per heavy atom. The van der Waals surface area contributed by atoms with Crippen molar-refractivity contribution in [3.8, 4) is 17.2 Å². The number of ether oxygens (including phenoxy) is 2. The molecule has 3 aromatic carbocycles. The van der Waals surface area contributed by atoms with Crippen LogP contribution in [-0.4, -0.2) is 12.0 Å². The van der Waals surface area contributed by atoms with E-state index in [0.717, 1.165) is 47.2 Å². The molecule has 3 aromatic rings. The molecular weight excluding hydrogens is 339 g/mol. The van der Waals surface area contributed by atoms with Crippen LogP contribution in [0.3, 0.4) is 0 Å². The standard InChI is InChI=1S/C13H13NO2.C6H4FNO2/c1-15-11-6-8-13(9-7-11)16-12-4-2-10(14)3-5-12;7-5-1-3-6(4-2-5)8(9)10/h2-9H,14H2,1H3;1-4H. The van der Waals surface area contributed by atoms with Crippen molar-refractivity contribution >= 4 is 11.4 Å². The number of hydrogen-bond acceptors (Lipinski definition) is 5. The van der Waals surface area contributed by atoms with Gasteiger partial charge in [0.1, 0.15) is 23.1 Å². The van der Waals surface area contributed by atoms with Crippen molar-refractivity contribution in [2.75, 3.05) is 12.8 Å². The number of nitro groups is 1. The summed E-state index contributed by atoms with van der Waals surface area (Å²) < 4.78 is 22.8. The molecule has 2 N–H and O–H groups in total. The maximum atomic E-state index is 12.1. The number of rotatable bonds is 4. The highest BCUT2D eigenvalue weighted by atomic mass is 19.1. The molecule has 0 aromatic heterocycles. The number of nitrogens with two attached hydrogens (primary N) is 1. The summed E-state index contributed by atoms with van der Waals surface area (Å²) in [6.45, 7) is 0. The summed E-state index contributed by atoms with van der Waals surface area (Å²) in [6.07, 6.45) is 0. The molecule has 0 aliphatic carbocycles. The molecule has 0 aliphatic rings. The van der Waals surface area contributed by atoms with Gasteiger partial charge in [-0.3, -0.25) is 10.1 Å². The van der Waals surface area contributed by atoms with E-state index in [1.54, 1.807) is 19.2 Å². The van der Waals surface area contributed by atoms with Gasteiger partial charge in [0.15, 0.2) is 0 Å². The van der Waals surface area contributed by atoms with Crippen molar-refractivity contribution < 1.29 is 18.8 Å². The van der Waals surface area contributed by atoms with Gasteiger partial charge < -0.3 is 15.2 Å². The van der Waals surface area contributed by atoms with E-state index in [4.69, 9.17) is 15.2 Å². The van der Waals surface area contributed by atoms with Crippen LogP contribution in [0, 0.1) is 15.9 Å². The van der Waals surface area contributed by atoms with Gasteiger partial charge in [-0.1, -0.05) is 0 Å². The molecule has 26 heavy (non-hydrogen) atoms. The van der Waals surface area contributed by atoms with Crippen molar-refractivity contribution in [2.24, 2.45) is 0 Å². The zero-order chi connectivity index (χ0) is 18.9. The first kappa shape index (κ1) is 18.7. The highest BCUT2D eigenvalue weighted by molar-refractivity contribution is 5.43. The molecule has 0 bridgehead atoms. The molecule has 0 unspecified atom stereocenters. The fourth-order valence-corrected chi connectivity index (χ4v) is 1.88. The molecule has 3 rings (SSSR count). The number of nitrogen functional groups attached to an aromatic ring is 1. The zero-order valence-corrected chi connectivity index (χ0v) is 14.0. The first-order chi connectivity index (χ1) is 12.5. The molecule has 0 fully saturated rings. The Morgan fingerprint density at radius 1 is 0.846 bits per heavy atom. The molecule has 0 saturated heterocycles. The minimum Gasteiger partial charge on any atom is -0.497 e. The Hall–Kier alpha value is -3.61. The van der Waals surface area contributed by atoms with Crippen LogP contribution in [-0.2, 0) is 0 Å². The Balaban J connectivity index is 0.000000209. The second-order valence-corrected chi connectivity index (χ2v) is 5.08. The summed E-state index contributed by atoms with van der Waals surface area (Å²) in [6, 6.07) is 19.0. The molecule has 0 amide bonds. The van der Waals surface area contributed by atoms with E-state index in [1.165, 1.54) is 0 Å². The summed E-state index contributed by atoms with van der Waals surface area (Å²) in [5.74, 6) is 1.88. The SMILES string of the molecule is COc1ccc(Oc2ccc(N)cc2)cc1.O=[N+]([O-])c1ccc(F)cc1. The average Bonchev–Trinajstić information content (AvgIpc) is 2.65. The predicted octanol–water partition coefficient (Wildman–Crippen LogP) is 4.80. The predicted molar refractivity (Wildman–Crippen MR) is 97.0 cm³/mol. The summed E-state index contributed by atoms with van der Waals surface area (Å²) in [7, 11) is 1.63.